The Hall–Kier alpha value is -3.23. The highest BCUT2D eigenvalue weighted by molar-refractivity contribution is 7.92. The first-order chi connectivity index (χ1) is 16.2. The molecule has 180 valence electrons. The zero-order chi connectivity index (χ0) is 24.7. The summed E-state index contributed by atoms with van der Waals surface area (Å²) < 4.78 is 38.6. The van der Waals surface area contributed by atoms with E-state index in [9.17, 15) is 13.2 Å². The van der Waals surface area contributed by atoms with E-state index in [4.69, 9.17) is 21.1 Å². The number of aryl methyl sites for hydroxylation is 1. The van der Waals surface area contributed by atoms with E-state index in [0.717, 1.165) is 21.2 Å². The number of sulfonamides is 1. The second-order valence-corrected chi connectivity index (χ2v) is 9.77. The third kappa shape index (κ3) is 6.21. The molecule has 0 aliphatic rings. The van der Waals surface area contributed by atoms with Crippen molar-refractivity contribution in [3.05, 3.63) is 82.9 Å². The number of methoxy groups -OCH3 is 1. The van der Waals surface area contributed by atoms with Gasteiger partial charge in [-0.15, -0.1) is 0 Å². The molecule has 0 bridgehead atoms. The Morgan fingerprint density at radius 2 is 1.71 bits per heavy atom. The molecule has 0 aliphatic carbocycles. The van der Waals surface area contributed by atoms with Crippen LogP contribution >= 0.6 is 11.6 Å². The minimum absolute atomic E-state index is 0.0735. The summed E-state index contributed by atoms with van der Waals surface area (Å²) >= 11 is 6.25. The van der Waals surface area contributed by atoms with Gasteiger partial charge in [-0.25, -0.2) is 8.42 Å². The molecule has 3 rings (SSSR count). The normalized spacial score (nSPS) is 11.1. The lowest BCUT2D eigenvalue weighted by Gasteiger charge is -2.24. The Balaban J connectivity index is 1.84. The number of anilines is 1. The van der Waals surface area contributed by atoms with E-state index in [2.05, 4.69) is 5.32 Å². The Bertz CT molecular complexity index is 1230. The molecule has 1 N–H and O–H groups in total. The lowest BCUT2D eigenvalue weighted by atomic mass is 10.2. The molecule has 0 radical (unpaired) electrons. The highest BCUT2D eigenvalue weighted by atomic mass is 35.5. The molecule has 0 unspecified atom stereocenters. The van der Waals surface area contributed by atoms with Gasteiger partial charge in [-0.05, 0) is 61.9 Å². The Labute approximate surface area is 205 Å². The van der Waals surface area contributed by atoms with Crippen LogP contribution in [-0.2, 0) is 21.4 Å². The van der Waals surface area contributed by atoms with Gasteiger partial charge < -0.3 is 14.8 Å². The number of ether oxygens (including phenoxy) is 2. The Morgan fingerprint density at radius 3 is 2.29 bits per heavy atom. The maximum absolute atomic E-state index is 13.5. The van der Waals surface area contributed by atoms with Gasteiger partial charge in [0.1, 0.15) is 18.0 Å². The fourth-order valence-electron chi connectivity index (χ4n) is 3.22. The number of carbonyl (C=O) groups excluding carboxylic acids is 1. The van der Waals surface area contributed by atoms with Crippen LogP contribution in [0.15, 0.2) is 71.6 Å². The minimum Gasteiger partial charge on any atom is -0.495 e. The molecule has 9 heteroatoms. The number of benzene rings is 3. The summed E-state index contributed by atoms with van der Waals surface area (Å²) in [5, 5.41) is 3.01. The zero-order valence-electron chi connectivity index (χ0n) is 19.2. The summed E-state index contributed by atoms with van der Waals surface area (Å²) in [6.45, 7) is 4.16. The lowest BCUT2D eigenvalue weighted by Crippen LogP contribution is -2.40. The molecule has 0 atom stereocenters. The van der Waals surface area contributed by atoms with Gasteiger partial charge in [-0.3, -0.25) is 9.10 Å². The van der Waals surface area contributed by atoms with Crippen LogP contribution < -0.4 is 19.1 Å². The summed E-state index contributed by atoms with van der Waals surface area (Å²) in [4.78, 5) is 12.9. The van der Waals surface area contributed by atoms with Crippen LogP contribution in [0.25, 0.3) is 0 Å². The van der Waals surface area contributed by atoms with Gasteiger partial charge in [0, 0.05) is 6.54 Å². The third-order valence-corrected chi connectivity index (χ3v) is 7.13. The molecule has 0 saturated carbocycles. The standard InChI is InChI=1S/C25H27ClN2O5S/c1-4-33-21-10-7-19(8-11-21)16-27-25(29)17-28(20-9-14-24(32-3)23(26)15-20)34(30,31)22-12-5-18(2)6-13-22/h5-15H,4,16-17H2,1-3H3,(H,27,29). The van der Waals surface area contributed by atoms with Crippen LogP contribution in [0.2, 0.25) is 5.02 Å². The van der Waals surface area contributed by atoms with Crippen molar-refractivity contribution < 1.29 is 22.7 Å². The number of nitrogens with one attached hydrogen (secondary N) is 1. The maximum atomic E-state index is 13.5. The highest BCUT2D eigenvalue weighted by Gasteiger charge is 2.27. The van der Waals surface area contributed by atoms with Gasteiger partial charge in [-0.2, -0.15) is 0 Å². The third-order valence-electron chi connectivity index (χ3n) is 5.04. The Kier molecular flexibility index (Phi) is 8.41. The number of hydrogen-bond donors (Lipinski definition) is 1. The smallest absolute Gasteiger partial charge is 0.264 e. The molecule has 7 nitrogen and oxygen atoms in total. The second kappa shape index (κ2) is 11.3. The van der Waals surface area contributed by atoms with E-state index >= 15 is 0 Å². The SMILES string of the molecule is CCOc1ccc(CNC(=O)CN(c2ccc(OC)c(Cl)c2)S(=O)(=O)c2ccc(C)cc2)cc1. The molecule has 0 saturated heterocycles. The van der Waals surface area contributed by atoms with Crippen LogP contribution in [0.5, 0.6) is 11.5 Å². The fourth-order valence-corrected chi connectivity index (χ4v) is 4.88. The van der Waals surface area contributed by atoms with Crippen molar-refractivity contribution >= 4 is 33.2 Å². The van der Waals surface area contributed by atoms with Gasteiger partial charge in [0.15, 0.2) is 0 Å². The topological polar surface area (TPSA) is 84.9 Å². The molecular formula is C25H27ClN2O5S. The van der Waals surface area contributed by atoms with E-state index in [0.29, 0.717) is 12.4 Å². The van der Waals surface area contributed by atoms with Crippen molar-refractivity contribution in [2.75, 3.05) is 24.6 Å². The fraction of sp³-hybridized carbons (Fsp3) is 0.240. The van der Waals surface area contributed by atoms with E-state index in [1.165, 1.54) is 25.3 Å². The van der Waals surface area contributed by atoms with Gasteiger partial charge in [-0.1, -0.05) is 41.4 Å². The van der Waals surface area contributed by atoms with Crippen LogP contribution in [0.1, 0.15) is 18.1 Å². The van der Waals surface area contributed by atoms with Gasteiger partial charge in [0.05, 0.1) is 29.3 Å². The number of halogens is 1. The number of hydrogen-bond acceptors (Lipinski definition) is 5. The summed E-state index contributed by atoms with van der Waals surface area (Å²) in [5.74, 6) is 0.680. The predicted octanol–water partition coefficient (Wildman–Crippen LogP) is 4.57. The van der Waals surface area contributed by atoms with Crippen molar-refractivity contribution in [1.82, 2.24) is 5.32 Å². The molecule has 1 amide bonds. The highest BCUT2D eigenvalue weighted by Crippen LogP contribution is 2.32. The van der Waals surface area contributed by atoms with Gasteiger partial charge in [0.25, 0.3) is 10.0 Å². The second-order valence-electron chi connectivity index (χ2n) is 7.50. The molecule has 0 heterocycles. The van der Waals surface area contributed by atoms with Crippen LogP contribution in [0.4, 0.5) is 5.69 Å². The van der Waals surface area contributed by atoms with Crippen molar-refractivity contribution in [1.29, 1.82) is 0 Å². The first-order valence-corrected chi connectivity index (χ1v) is 12.5. The van der Waals surface area contributed by atoms with Crippen LogP contribution in [-0.4, -0.2) is 34.6 Å². The van der Waals surface area contributed by atoms with E-state index < -0.39 is 22.5 Å². The number of rotatable bonds is 10. The number of nitrogens with zero attached hydrogens (tertiary/aromatic N) is 1. The zero-order valence-corrected chi connectivity index (χ0v) is 20.8. The van der Waals surface area contributed by atoms with E-state index in [1.54, 1.807) is 24.3 Å². The summed E-state index contributed by atoms with van der Waals surface area (Å²) in [6, 6.07) is 18.3. The molecule has 0 spiro atoms. The van der Waals surface area contributed by atoms with Crippen molar-refractivity contribution in [3.8, 4) is 11.5 Å². The lowest BCUT2D eigenvalue weighted by molar-refractivity contribution is -0.119. The van der Waals surface area contributed by atoms with Gasteiger partial charge >= 0.3 is 0 Å². The molecule has 34 heavy (non-hydrogen) atoms. The molecule has 3 aromatic carbocycles. The molecular weight excluding hydrogens is 476 g/mol. The average molecular weight is 503 g/mol. The largest absolute Gasteiger partial charge is 0.495 e. The first kappa shape index (κ1) is 25.4. The molecule has 3 aromatic rings. The summed E-state index contributed by atoms with van der Waals surface area (Å²) in [5.41, 5.74) is 2.03. The predicted molar refractivity (Wildman–Crippen MR) is 133 cm³/mol. The van der Waals surface area contributed by atoms with Crippen molar-refractivity contribution in [2.24, 2.45) is 0 Å². The first-order valence-electron chi connectivity index (χ1n) is 10.7. The number of carbonyl (C=O) groups is 1. The summed E-state index contributed by atoms with van der Waals surface area (Å²) in [7, 11) is -2.57. The van der Waals surface area contributed by atoms with Crippen molar-refractivity contribution in [3.63, 3.8) is 0 Å². The average Bonchev–Trinajstić information content (AvgIpc) is 2.82. The quantitative estimate of drug-likeness (QED) is 0.439. The number of amides is 1. The van der Waals surface area contributed by atoms with Crippen LogP contribution in [0, 0.1) is 6.92 Å². The maximum Gasteiger partial charge on any atom is 0.264 e. The molecule has 0 aliphatic heterocycles. The monoisotopic (exact) mass is 502 g/mol. The Morgan fingerprint density at radius 1 is 1.03 bits per heavy atom. The van der Waals surface area contributed by atoms with E-state index in [1.807, 2.05) is 38.1 Å². The molecule has 0 fully saturated rings. The summed E-state index contributed by atoms with van der Waals surface area (Å²) in [6.07, 6.45) is 0. The van der Waals surface area contributed by atoms with Crippen molar-refractivity contribution in [2.45, 2.75) is 25.3 Å². The minimum atomic E-state index is -4.04. The van der Waals surface area contributed by atoms with Gasteiger partial charge in [0.2, 0.25) is 5.91 Å². The van der Waals surface area contributed by atoms with Crippen LogP contribution in [0.3, 0.4) is 0 Å². The molecule has 0 aromatic heterocycles. The van der Waals surface area contributed by atoms with E-state index in [-0.39, 0.29) is 22.2 Å².